The summed E-state index contributed by atoms with van der Waals surface area (Å²) in [7, 11) is 5.87. The van der Waals surface area contributed by atoms with E-state index in [9.17, 15) is 30.6 Å². The number of rotatable bonds is 14. The second-order valence-electron chi connectivity index (χ2n) is 14.5. The number of hydrogen-bond acceptors (Lipinski definition) is 12. The molecule has 6 aromatic carbocycles. The minimum atomic E-state index is -0.224. The molecule has 0 aromatic heterocycles. The molecule has 0 saturated heterocycles. The van der Waals surface area contributed by atoms with Crippen molar-refractivity contribution in [2.45, 2.75) is 27.7 Å². The summed E-state index contributed by atoms with van der Waals surface area (Å²) in [5.74, 6) is 1.26. The third kappa shape index (κ3) is 11.2. The number of phenolic OH excluding ortho intramolecular Hbond substituents is 6. The van der Waals surface area contributed by atoms with Crippen molar-refractivity contribution in [3.05, 3.63) is 118 Å². The van der Waals surface area contributed by atoms with Crippen molar-refractivity contribution >= 4 is 22.6 Å². The lowest BCUT2D eigenvalue weighted by molar-refractivity contribution is 0.333. The van der Waals surface area contributed by atoms with E-state index in [4.69, 9.17) is 29.8 Å². The third-order valence-electron chi connectivity index (χ3n) is 9.56. The van der Waals surface area contributed by atoms with Crippen LogP contribution in [0.5, 0.6) is 69.0 Å². The van der Waals surface area contributed by atoms with Crippen LogP contribution in [-0.4, -0.2) is 72.3 Å². The maximum Gasteiger partial charge on any atom is 0.174 e. The van der Waals surface area contributed by atoms with Crippen molar-refractivity contribution in [2.75, 3.05) is 41.7 Å². The molecular weight excluding hydrogens is 919 g/mol. The minimum Gasteiger partial charge on any atom is -0.508 e. The average Bonchev–Trinajstić information content (AvgIpc) is 3.25. The van der Waals surface area contributed by atoms with E-state index in [-0.39, 0.29) is 70.0 Å². The molecule has 13 heteroatoms. The van der Waals surface area contributed by atoms with Crippen molar-refractivity contribution in [1.82, 2.24) is 0 Å². The standard InChI is InChI=1S/C25H25IO6.C25H26O6/c1-14(2)9-10-32-25-19(26)11-16(12-20(25)28)22-21(30-3)13-18(24(31-4)23(22)29)15-5-7-17(27)8-6-15;1-15(2)11-12-31-21-10-7-17(13-20(21)27)23-22(29-3)14-19(25(30-4)24(23)28)16-5-8-18(26)9-6-16/h5-9,11-13,27-29H,10H2,1-4H3;5-11,13-14,26-28H,12H2,1-4H3/i;10T. The highest BCUT2D eigenvalue weighted by atomic mass is 127. The SMILES string of the molecule is COc1cc(-c2ccc(O)cc2)c(OC)c(O)c1-c1cc(O)c(OCC=C(C)C)c(I)c1.[3H]c1cc(-c2c(OC)cc(-c3ccc(O)cc3)c(OC)c2O)cc(O)c1OCC=C(C)C. The molecule has 0 heterocycles. The van der Waals surface area contributed by atoms with Crippen LogP contribution in [0.1, 0.15) is 29.1 Å². The number of phenols is 6. The molecule has 0 bridgehead atoms. The molecule has 0 unspecified atom stereocenters. The Morgan fingerprint density at radius 2 is 0.952 bits per heavy atom. The van der Waals surface area contributed by atoms with Crippen molar-refractivity contribution in [2.24, 2.45) is 0 Å². The van der Waals surface area contributed by atoms with Crippen LogP contribution in [0.2, 0.25) is 0 Å². The number of hydrogen-bond donors (Lipinski definition) is 6. The van der Waals surface area contributed by atoms with Gasteiger partial charge < -0.3 is 59.1 Å². The van der Waals surface area contributed by atoms with Gasteiger partial charge in [0, 0.05) is 11.1 Å². The zero-order chi connectivity index (χ0) is 46.8. The zero-order valence-electron chi connectivity index (χ0n) is 37.2. The smallest absolute Gasteiger partial charge is 0.174 e. The first-order valence-corrected chi connectivity index (χ1v) is 20.5. The Morgan fingerprint density at radius 3 is 1.37 bits per heavy atom. The number of allylic oxidation sites excluding steroid dienone is 2. The fourth-order valence-corrected chi connectivity index (χ4v) is 7.21. The summed E-state index contributed by atoms with van der Waals surface area (Å²) < 4.78 is 42.3. The Labute approximate surface area is 382 Å². The average molecular weight is 973 g/mol. The quantitative estimate of drug-likeness (QED) is 0.0451. The molecule has 12 nitrogen and oxygen atoms in total. The van der Waals surface area contributed by atoms with Gasteiger partial charge in [-0.1, -0.05) is 41.5 Å². The summed E-state index contributed by atoms with van der Waals surface area (Å²) in [4.78, 5) is 0. The van der Waals surface area contributed by atoms with Gasteiger partial charge in [-0.3, -0.25) is 0 Å². The summed E-state index contributed by atoms with van der Waals surface area (Å²) >= 11 is 2.08. The van der Waals surface area contributed by atoms with Gasteiger partial charge in [0.1, 0.15) is 36.2 Å². The van der Waals surface area contributed by atoms with Crippen molar-refractivity contribution in [3.8, 4) is 114 Å². The summed E-state index contributed by atoms with van der Waals surface area (Å²) in [6, 6.07) is 22.6. The Bertz CT molecular complexity index is 2440. The fraction of sp³-hybridized carbons (Fsp3) is 0.200. The van der Waals surface area contributed by atoms with E-state index in [1.807, 2.05) is 39.8 Å². The highest BCUT2D eigenvalue weighted by Crippen LogP contribution is 2.52. The Hall–Kier alpha value is -6.87. The van der Waals surface area contributed by atoms with Crippen LogP contribution in [0.4, 0.5) is 0 Å². The van der Waals surface area contributed by atoms with Crippen molar-refractivity contribution in [3.63, 3.8) is 0 Å². The van der Waals surface area contributed by atoms with E-state index < -0.39 is 0 Å². The lowest BCUT2D eigenvalue weighted by Crippen LogP contribution is -1.99. The van der Waals surface area contributed by atoms with Gasteiger partial charge in [0.2, 0.25) is 0 Å². The minimum absolute atomic E-state index is 0.0369. The lowest BCUT2D eigenvalue weighted by Gasteiger charge is -2.19. The normalized spacial score (nSPS) is 10.7. The van der Waals surface area contributed by atoms with Crippen LogP contribution in [-0.2, 0) is 0 Å². The molecular formula is C50H51IO12. The largest absolute Gasteiger partial charge is 0.508 e. The van der Waals surface area contributed by atoms with Crippen LogP contribution in [0.3, 0.4) is 0 Å². The fourth-order valence-electron chi connectivity index (χ4n) is 6.44. The van der Waals surface area contributed by atoms with Gasteiger partial charge >= 0.3 is 0 Å². The van der Waals surface area contributed by atoms with Gasteiger partial charge in [0.25, 0.3) is 0 Å². The van der Waals surface area contributed by atoms with Crippen LogP contribution < -0.4 is 28.4 Å². The third-order valence-corrected chi connectivity index (χ3v) is 10.4. The topological polar surface area (TPSA) is 177 Å². The summed E-state index contributed by atoms with van der Waals surface area (Å²) in [5.41, 5.74) is 6.34. The predicted molar refractivity (Wildman–Crippen MR) is 253 cm³/mol. The van der Waals surface area contributed by atoms with E-state index in [0.717, 1.165) is 16.7 Å². The number of benzene rings is 6. The van der Waals surface area contributed by atoms with Crippen molar-refractivity contribution in [1.29, 1.82) is 0 Å². The number of halogens is 1. The van der Waals surface area contributed by atoms with Crippen LogP contribution >= 0.6 is 22.6 Å². The summed E-state index contributed by atoms with van der Waals surface area (Å²) in [6.07, 6.45) is 3.76. The number of methoxy groups -OCH3 is 4. The van der Waals surface area contributed by atoms with E-state index in [2.05, 4.69) is 22.6 Å². The first-order chi connectivity index (χ1) is 30.5. The zero-order valence-corrected chi connectivity index (χ0v) is 38.3. The van der Waals surface area contributed by atoms with Gasteiger partial charge in [-0.2, -0.15) is 0 Å². The van der Waals surface area contributed by atoms with Gasteiger partial charge in [-0.25, -0.2) is 0 Å². The molecule has 6 aromatic rings. The maximum atomic E-state index is 11.1. The summed E-state index contributed by atoms with van der Waals surface area (Å²) in [5, 5.41) is 62.5. The Balaban J connectivity index is 0.000000241. The summed E-state index contributed by atoms with van der Waals surface area (Å²) in [6.45, 7) is 8.37. The number of ether oxygens (including phenoxy) is 6. The van der Waals surface area contributed by atoms with Gasteiger partial charge in [0.15, 0.2) is 46.0 Å². The van der Waals surface area contributed by atoms with E-state index >= 15 is 0 Å². The first-order valence-electron chi connectivity index (χ1n) is 20.0. The predicted octanol–water partition coefficient (Wildman–Crippen LogP) is 11.6. The molecule has 0 saturated carbocycles. The van der Waals surface area contributed by atoms with E-state index in [1.165, 1.54) is 58.8 Å². The highest BCUT2D eigenvalue weighted by molar-refractivity contribution is 14.1. The van der Waals surface area contributed by atoms with Gasteiger partial charge in [-0.15, -0.1) is 0 Å². The Morgan fingerprint density at radius 1 is 0.508 bits per heavy atom. The second-order valence-corrected chi connectivity index (χ2v) is 15.6. The molecule has 0 amide bonds. The van der Waals surface area contributed by atoms with Gasteiger partial charge in [0.05, 0.1) is 44.5 Å². The molecule has 0 atom stereocenters. The first kappa shape index (κ1) is 45.7. The van der Waals surface area contributed by atoms with Crippen LogP contribution in [0.25, 0.3) is 44.5 Å². The highest BCUT2D eigenvalue weighted by Gasteiger charge is 2.25. The van der Waals surface area contributed by atoms with E-state index in [1.54, 1.807) is 54.6 Å². The molecule has 6 rings (SSSR count). The molecule has 0 aliphatic heterocycles. The molecule has 0 aliphatic rings. The number of aromatic hydroxyl groups is 6. The molecule has 0 fully saturated rings. The molecule has 0 aliphatic carbocycles. The van der Waals surface area contributed by atoms with Crippen molar-refractivity contribution < 1.29 is 60.4 Å². The van der Waals surface area contributed by atoms with Crippen LogP contribution in [0, 0.1) is 3.57 Å². The molecule has 0 spiro atoms. The molecule has 0 radical (unpaired) electrons. The lowest BCUT2D eigenvalue weighted by atomic mass is 9.96. The Kier molecular flexibility index (Phi) is 15.4. The van der Waals surface area contributed by atoms with E-state index in [0.29, 0.717) is 60.8 Å². The molecule has 63 heavy (non-hydrogen) atoms. The molecule has 330 valence electrons. The maximum absolute atomic E-state index is 11.1. The molecule has 6 N–H and O–H groups in total. The monoisotopic (exact) mass is 972 g/mol. The van der Waals surface area contributed by atoms with Crippen LogP contribution in [0.15, 0.2) is 114 Å². The van der Waals surface area contributed by atoms with Gasteiger partial charge in [-0.05, 0) is 145 Å². The second kappa shape index (κ2) is 21.3.